The van der Waals surface area contributed by atoms with Crippen LogP contribution in [0.4, 0.5) is 4.39 Å². The van der Waals surface area contributed by atoms with Gasteiger partial charge in [-0.25, -0.2) is 9.38 Å². The van der Waals surface area contributed by atoms with Gasteiger partial charge in [0.2, 0.25) is 0 Å². The zero-order valence-corrected chi connectivity index (χ0v) is 20.3. The Balaban J connectivity index is 1.52. The summed E-state index contributed by atoms with van der Waals surface area (Å²) in [5.41, 5.74) is 6.10. The fraction of sp³-hybridized carbons (Fsp3) is 0.133. The molecular formula is C30H23FN2O2S. The molecule has 1 aliphatic carbocycles. The molecule has 4 nitrogen and oxygen atoms in total. The number of hydrogen-bond acceptors (Lipinski definition) is 4. The SMILES string of the molecule is C=CCOc1ccc(C=c2sc3n(c2=O)C(c2ccc(F)cc2)C2=C(N=3)c3ccccc3CC2)cc1. The summed E-state index contributed by atoms with van der Waals surface area (Å²) >= 11 is 1.38. The van der Waals surface area contributed by atoms with Crippen LogP contribution in [0.25, 0.3) is 11.8 Å². The van der Waals surface area contributed by atoms with Crippen molar-refractivity contribution in [2.24, 2.45) is 4.99 Å². The van der Waals surface area contributed by atoms with Gasteiger partial charge in [-0.2, -0.15) is 0 Å². The highest BCUT2D eigenvalue weighted by Gasteiger charge is 2.32. The van der Waals surface area contributed by atoms with Crippen LogP contribution in [-0.2, 0) is 6.42 Å². The predicted octanol–water partition coefficient (Wildman–Crippen LogP) is 5.02. The Labute approximate surface area is 211 Å². The molecule has 1 unspecified atom stereocenters. The van der Waals surface area contributed by atoms with Gasteiger partial charge >= 0.3 is 0 Å². The second-order valence-electron chi connectivity index (χ2n) is 8.83. The van der Waals surface area contributed by atoms with E-state index in [1.54, 1.807) is 22.8 Å². The largest absolute Gasteiger partial charge is 0.490 e. The maximum absolute atomic E-state index is 13.8. The zero-order valence-electron chi connectivity index (χ0n) is 19.5. The minimum atomic E-state index is -0.318. The summed E-state index contributed by atoms with van der Waals surface area (Å²) < 4.78 is 21.7. The van der Waals surface area contributed by atoms with Gasteiger partial charge in [-0.05, 0) is 65.4 Å². The van der Waals surface area contributed by atoms with E-state index >= 15 is 0 Å². The summed E-state index contributed by atoms with van der Waals surface area (Å²) in [5.74, 6) is 0.450. The van der Waals surface area contributed by atoms with Crippen LogP contribution in [0.1, 0.15) is 34.7 Å². The molecule has 3 aromatic carbocycles. The smallest absolute Gasteiger partial charge is 0.271 e. The van der Waals surface area contributed by atoms with Crippen LogP contribution in [0.2, 0.25) is 0 Å². The second kappa shape index (κ2) is 9.21. The molecule has 0 N–H and O–H groups in total. The van der Waals surface area contributed by atoms with Crippen molar-refractivity contribution in [2.45, 2.75) is 18.9 Å². The van der Waals surface area contributed by atoms with Crippen molar-refractivity contribution in [1.29, 1.82) is 0 Å². The third-order valence-corrected chi connectivity index (χ3v) is 7.59. The molecule has 2 aliphatic rings. The highest BCUT2D eigenvalue weighted by atomic mass is 32.1. The molecule has 0 bridgehead atoms. The molecule has 0 saturated heterocycles. The average molecular weight is 495 g/mol. The molecule has 1 atom stereocenters. The number of aromatic nitrogens is 1. The Hall–Kier alpha value is -4.03. The number of benzene rings is 3. The zero-order chi connectivity index (χ0) is 24.6. The standard InChI is InChI=1S/C30H23FN2O2S/c1-2-17-35-23-14-7-19(8-15-23)18-26-29(34)33-28(21-9-12-22(31)13-10-21)25-16-11-20-5-3-4-6-24(20)27(25)32-30(33)36-26/h2-10,12-15,18,28H,1,11,16-17H2. The van der Waals surface area contributed by atoms with Gasteiger partial charge in [0, 0.05) is 5.56 Å². The first-order chi connectivity index (χ1) is 17.6. The Kier molecular flexibility index (Phi) is 5.74. The van der Waals surface area contributed by atoms with E-state index in [0.29, 0.717) is 15.9 Å². The van der Waals surface area contributed by atoms with E-state index in [1.807, 2.05) is 42.5 Å². The number of rotatable bonds is 5. The summed E-state index contributed by atoms with van der Waals surface area (Å²) in [7, 11) is 0. The molecule has 0 fully saturated rings. The van der Waals surface area contributed by atoms with E-state index in [2.05, 4.69) is 18.7 Å². The minimum absolute atomic E-state index is 0.0922. The van der Waals surface area contributed by atoms with Crippen LogP contribution >= 0.6 is 11.3 Å². The third-order valence-electron chi connectivity index (χ3n) is 6.60. The normalized spacial score (nSPS) is 16.6. The number of fused-ring (bicyclic) bond motifs is 3. The third kappa shape index (κ3) is 3.93. The monoisotopic (exact) mass is 494 g/mol. The molecule has 2 heterocycles. The van der Waals surface area contributed by atoms with Crippen molar-refractivity contribution in [1.82, 2.24) is 4.57 Å². The average Bonchev–Trinajstić information content (AvgIpc) is 3.22. The lowest BCUT2D eigenvalue weighted by atomic mass is 9.83. The van der Waals surface area contributed by atoms with Gasteiger partial charge in [0.15, 0.2) is 4.80 Å². The second-order valence-corrected chi connectivity index (χ2v) is 9.84. The van der Waals surface area contributed by atoms with Crippen LogP contribution in [0.15, 0.2) is 101 Å². The number of halogens is 1. The van der Waals surface area contributed by atoms with E-state index in [0.717, 1.165) is 46.6 Å². The Morgan fingerprint density at radius 2 is 1.83 bits per heavy atom. The van der Waals surface area contributed by atoms with Gasteiger partial charge in [-0.3, -0.25) is 9.36 Å². The molecule has 0 spiro atoms. The first-order valence-corrected chi connectivity index (χ1v) is 12.7. The number of allylic oxidation sites excluding steroid dienone is 1. The topological polar surface area (TPSA) is 43.6 Å². The van der Waals surface area contributed by atoms with E-state index in [9.17, 15) is 9.18 Å². The fourth-order valence-corrected chi connectivity index (χ4v) is 5.94. The minimum Gasteiger partial charge on any atom is -0.490 e. The maximum atomic E-state index is 13.8. The van der Waals surface area contributed by atoms with E-state index in [1.165, 1.54) is 29.0 Å². The number of thiazole rings is 1. The lowest BCUT2D eigenvalue weighted by Gasteiger charge is -2.30. The van der Waals surface area contributed by atoms with Crippen molar-refractivity contribution >= 4 is 23.1 Å². The summed E-state index contributed by atoms with van der Waals surface area (Å²) in [6.45, 7) is 4.10. The van der Waals surface area contributed by atoms with Crippen molar-refractivity contribution in [3.63, 3.8) is 0 Å². The summed E-state index contributed by atoms with van der Waals surface area (Å²) in [4.78, 5) is 19.4. The van der Waals surface area contributed by atoms with Crippen molar-refractivity contribution < 1.29 is 9.13 Å². The highest BCUT2D eigenvalue weighted by molar-refractivity contribution is 7.07. The number of hydrogen-bond donors (Lipinski definition) is 0. The first kappa shape index (κ1) is 22.4. The Morgan fingerprint density at radius 1 is 1.06 bits per heavy atom. The summed E-state index contributed by atoms with van der Waals surface area (Å²) in [6.07, 6.45) is 5.27. The molecular weight excluding hydrogens is 471 g/mol. The maximum Gasteiger partial charge on any atom is 0.271 e. The molecule has 0 amide bonds. The summed E-state index contributed by atoms with van der Waals surface area (Å²) in [5, 5.41) is 0. The predicted molar refractivity (Wildman–Crippen MR) is 141 cm³/mol. The number of nitrogens with zero attached hydrogens (tertiary/aromatic N) is 2. The van der Waals surface area contributed by atoms with Gasteiger partial charge in [0.05, 0.1) is 16.3 Å². The van der Waals surface area contributed by atoms with Crippen molar-refractivity contribution in [3.05, 3.63) is 139 Å². The number of aryl methyl sites for hydroxylation is 1. The first-order valence-electron chi connectivity index (χ1n) is 11.8. The highest BCUT2D eigenvalue weighted by Crippen LogP contribution is 2.41. The molecule has 178 valence electrons. The quantitative estimate of drug-likeness (QED) is 0.366. The summed E-state index contributed by atoms with van der Waals surface area (Å²) in [6, 6.07) is 22.1. The van der Waals surface area contributed by atoms with Crippen LogP contribution in [-0.4, -0.2) is 11.2 Å². The Bertz CT molecular complexity index is 1680. The van der Waals surface area contributed by atoms with Crippen molar-refractivity contribution in [2.75, 3.05) is 6.61 Å². The van der Waals surface area contributed by atoms with Gasteiger partial charge in [-0.1, -0.05) is 72.5 Å². The van der Waals surface area contributed by atoms with Crippen LogP contribution in [0.3, 0.4) is 0 Å². The Morgan fingerprint density at radius 3 is 2.61 bits per heavy atom. The molecule has 1 aliphatic heterocycles. The number of ether oxygens (including phenoxy) is 1. The fourth-order valence-electron chi connectivity index (χ4n) is 4.93. The molecule has 0 radical (unpaired) electrons. The van der Waals surface area contributed by atoms with Crippen LogP contribution < -0.4 is 19.6 Å². The lowest BCUT2D eigenvalue weighted by Crippen LogP contribution is -2.38. The molecule has 0 saturated carbocycles. The van der Waals surface area contributed by atoms with E-state index < -0.39 is 0 Å². The van der Waals surface area contributed by atoms with Crippen LogP contribution in [0.5, 0.6) is 5.75 Å². The van der Waals surface area contributed by atoms with Gasteiger partial charge < -0.3 is 4.74 Å². The molecule has 36 heavy (non-hydrogen) atoms. The van der Waals surface area contributed by atoms with Gasteiger partial charge in [0.1, 0.15) is 18.2 Å². The van der Waals surface area contributed by atoms with Crippen LogP contribution in [0, 0.1) is 5.82 Å². The molecule has 6 rings (SSSR count). The van der Waals surface area contributed by atoms with Gasteiger partial charge in [-0.15, -0.1) is 0 Å². The lowest BCUT2D eigenvalue weighted by molar-refractivity contribution is 0.363. The van der Waals surface area contributed by atoms with Crippen molar-refractivity contribution in [3.8, 4) is 5.75 Å². The molecule has 4 aromatic rings. The van der Waals surface area contributed by atoms with E-state index in [-0.39, 0.29) is 17.4 Å². The van der Waals surface area contributed by atoms with Gasteiger partial charge in [0.25, 0.3) is 5.56 Å². The molecule has 6 heteroatoms. The molecule has 1 aromatic heterocycles. The van der Waals surface area contributed by atoms with E-state index in [4.69, 9.17) is 9.73 Å².